The maximum absolute atomic E-state index is 11.8. The largest absolute Gasteiger partial charge is 0.545 e. The highest BCUT2D eigenvalue weighted by atomic mass is 79.9. The lowest BCUT2D eigenvalue weighted by Gasteiger charge is -2.14. The van der Waals surface area contributed by atoms with Crippen molar-refractivity contribution in [3.05, 3.63) is 69.2 Å². The van der Waals surface area contributed by atoms with E-state index in [1.54, 1.807) is 30.3 Å². The van der Waals surface area contributed by atoms with Gasteiger partial charge in [0.1, 0.15) is 17.9 Å². The number of barbiturate groups is 1. The summed E-state index contributed by atoms with van der Waals surface area (Å²) >= 11 is 3.36. The Morgan fingerprint density at radius 3 is 2.25 bits per heavy atom. The molecule has 2 aromatic carbocycles. The Balaban J connectivity index is 1.71. The predicted molar refractivity (Wildman–Crippen MR) is 98.9 cm³/mol. The maximum Gasteiger partial charge on any atom is 0.328 e. The Bertz CT molecular complexity index is 992. The Kier molecular flexibility index (Phi) is 5.55. The Morgan fingerprint density at radius 2 is 1.68 bits per heavy atom. The fourth-order valence-corrected chi connectivity index (χ4v) is 2.91. The van der Waals surface area contributed by atoms with E-state index >= 15 is 0 Å². The van der Waals surface area contributed by atoms with Crippen LogP contribution < -0.4 is 20.5 Å². The van der Waals surface area contributed by atoms with E-state index in [2.05, 4.69) is 15.9 Å². The van der Waals surface area contributed by atoms with Crippen LogP contribution in [0, 0.1) is 0 Å². The Hall–Kier alpha value is -3.46. The van der Waals surface area contributed by atoms with Crippen LogP contribution in [-0.2, 0) is 16.2 Å². The third-order valence-electron chi connectivity index (χ3n) is 3.79. The van der Waals surface area contributed by atoms with Crippen molar-refractivity contribution >= 4 is 45.8 Å². The lowest BCUT2D eigenvalue weighted by molar-refractivity contribution is -0.255. The summed E-state index contributed by atoms with van der Waals surface area (Å²) < 4.78 is 6.27. The number of hydrogen-bond donors (Lipinski definition) is 2. The van der Waals surface area contributed by atoms with E-state index in [4.69, 9.17) is 4.74 Å². The van der Waals surface area contributed by atoms with E-state index in [9.17, 15) is 24.3 Å². The second kappa shape index (κ2) is 8.05. The third kappa shape index (κ3) is 4.44. The standard InChI is InChI=1S/C19H13BrN2O6/c20-14-8-11(7-13-16(23)21-19(27)22-17(13)24)3-6-15(14)28-9-10-1-4-12(5-2-10)18(25)26/h1-8H,9H2,(H,25,26)(H2,21,22,23,24,27)/p-1. The molecule has 3 rings (SSSR count). The number of halogens is 1. The number of benzene rings is 2. The molecule has 9 heteroatoms. The van der Waals surface area contributed by atoms with Gasteiger partial charge in [-0.05, 0) is 50.8 Å². The molecule has 1 heterocycles. The number of carbonyl (C=O) groups is 4. The SMILES string of the molecule is O=C1NC(=O)C(=Cc2ccc(OCc3ccc(C(=O)[O-])cc3)c(Br)c2)C(=O)N1. The van der Waals surface area contributed by atoms with E-state index in [1.165, 1.54) is 18.2 Å². The number of carboxylic acids is 1. The summed E-state index contributed by atoms with van der Waals surface area (Å²) in [6, 6.07) is 10.2. The van der Waals surface area contributed by atoms with Gasteiger partial charge in [-0.2, -0.15) is 0 Å². The smallest absolute Gasteiger partial charge is 0.328 e. The molecule has 1 aliphatic heterocycles. The highest BCUT2D eigenvalue weighted by Gasteiger charge is 2.27. The third-order valence-corrected chi connectivity index (χ3v) is 4.41. The predicted octanol–water partition coefficient (Wildman–Crippen LogP) is 1.14. The zero-order chi connectivity index (χ0) is 20.3. The van der Waals surface area contributed by atoms with Gasteiger partial charge in [0, 0.05) is 0 Å². The molecule has 142 valence electrons. The fraction of sp³-hybridized carbons (Fsp3) is 0.0526. The van der Waals surface area contributed by atoms with Crippen LogP contribution in [0.1, 0.15) is 21.5 Å². The van der Waals surface area contributed by atoms with Crippen molar-refractivity contribution in [2.45, 2.75) is 6.61 Å². The highest BCUT2D eigenvalue weighted by Crippen LogP contribution is 2.28. The monoisotopic (exact) mass is 443 g/mol. The van der Waals surface area contributed by atoms with Crippen LogP contribution in [0.25, 0.3) is 6.08 Å². The van der Waals surface area contributed by atoms with Crippen LogP contribution in [0.3, 0.4) is 0 Å². The number of nitrogens with one attached hydrogen (secondary N) is 2. The second-order valence-corrected chi connectivity index (χ2v) is 6.61. The van der Waals surface area contributed by atoms with Gasteiger partial charge < -0.3 is 14.6 Å². The number of hydrogen-bond acceptors (Lipinski definition) is 6. The average molecular weight is 444 g/mol. The molecule has 2 N–H and O–H groups in total. The lowest BCUT2D eigenvalue weighted by atomic mass is 10.1. The minimum Gasteiger partial charge on any atom is -0.545 e. The van der Waals surface area contributed by atoms with Gasteiger partial charge in [0.05, 0.1) is 10.4 Å². The first kappa shape index (κ1) is 19.3. The summed E-state index contributed by atoms with van der Waals surface area (Å²) in [5.74, 6) is -2.28. The average Bonchev–Trinajstić information content (AvgIpc) is 2.64. The summed E-state index contributed by atoms with van der Waals surface area (Å²) in [5.41, 5.74) is 1.21. The highest BCUT2D eigenvalue weighted by molar-refractivity contribution is 9.10. The first-order valence-corrected chi connectivity index (χ1v) is 8.74. The molecule has 0 saturated carbocycles. The lowest BCUT2D eigenvalue weighted by Crippen LogP contribution is -2.51. The molecule has 0 atom stereocenters. The Labute approximate surface area is 167 Å². The normalized spacial score (nSPS) is 13.6. The molecular weight excluding hydrogens is 432 g/mol. The molecule has 0 aliphatic carbocycles. The van der Waals surface area contributed by atoms with E-state index < -0.39 is 23.8 Å². The second-order valence-electron chi connectivity index (χ2n) is 5.76. The minimum atomic E-state index is -1.25. The fourth-order valence-electron chi connectivity index (χ4n) is 2.40. The number of urea groups is 1. The number of aromatic carboxylic acids is 1. The molecule has 0 unspecified atom stereocenters. The molecule has 0 bridgehead atoms. The number of amides is 4. The summed E-state index contributed by atoms with van der Waals surface area (Å²) in [6.45, 7) is 0.208. The van der Waals surface area contributed by atoms with Crippen molar-refractivity contribution in [2.24, 2.45) is 0 Å². The van der Waals surface area contributed by atoms with Gasteiger partial charge in [-0.3, -0.25) is 20.2 Å². The van der Waals surface area contributed by atoms with Gasteiger partial charge in [0.15, 0.2) is 0 Å². The molecule has 1 saturated heterocycles. The van der Waals surface area contributed by atoms with Gasteiger partial charge in [0.25, 0.3) is 11.8 Å². The molecule has 8 nitrogen and oxygen atoms in total. The van der Waals surface area contributed by atoms with Crippen molar-refractivity contribution in [3.63, 3.8) is 0 Å². The van der Waals surface area contributed by atoms with Crippen LogP contribution in [-0.4, -0.2) is 23.8 Å². The first-order chi connectivity index (χ1) is 13.3. The molecule has 4 amide bonds. The number of imide groups is 2. The van der Waals surface area contributed by atoms with E-state index in [-0.39, 0.29) is 17.7 Å². The quantitative estimate of drug-likeness (QED) is 0.527. The van der Waals surface area contributed by atoms with Crippen molar-refractivity contribution in [2.75, 3.05) is 0 Å². The van der Waals surface area contributed by atoms with Gasteiger partial charge in [0.2, 0.25) is 0 Å². The molecular formula is C19H12BrN2O6-. The van der Waals surface area contributed by atoms with Gasteiger partial charge in [-0.15, -0.1) is 0 Å². The number of rotatable bonds is 5. The van der Waals surface area contributed by atoms with Crippen LogP contribution in [0.15, 0.2) is 52.5 Å². The zero-order valence-electron chi connectivity index (χ0n) is 14.2. The molecule has 0 radical (unpaired) electrons. The van der Waals surface area contributed by atoms with Crippen LogP contribution in [0.4, 0.5) is 4.79 Å². The van der Waals surface area contributed by atoms with Crippen molar-refractivity contribution in [1.82, 2.24) is 10.6 Å². The number of ether oxygens (including phenoxy) is 1. The molecule has 0 spiro atoms. The Morgan fingerprint density at radius 1 is 1.04 bits per heavy atom. The first-order valence-electron chi connectivity index (χ1n) is 7.94. The minimum absolute atomic E-state index is 0.0832. The van der Waals surface area contributed by atoms with Gasteiger partial charge >= 0.3 is 6.03 Å². The van der Waals surface area contributed by atoms with Crippen molar-refractivity contribution < 1.29 is 29.0 Å². The number of carbonyl (C=O) groups excluding carboxylic acids is 4. The van der Waals surface area contributed by atoms with Gasteiger partial charge in [-0.25, -0.2) is 4.79 Å². The summed E-state index contributed by atoms with van der Waals surface area (Å²) in [5, 5.41) is 14.7. The van der Waals surface area contributed by atoms with Crippen LogP contribution in [0.5, 0.6) is 5.75 Å². The van der Waals surface area contributed by atoms with E-state index in [0.717, 1.165) is 5.56 Å². The zero-order valence-corrected chi connectivity index (χ0v) is 15.7. The molecule has 1 fully saturated rings. The molecule has 0 aromatic heterocycles. The van der Waals surface area contributed by atoms with Crippen LogP contribution >= 0.6 is 15.9 Å². The van der Waals surface area contributed by atoms with E-state index in [1.807, 2.05) is 10.6 Å². The summed E-state index contributed by atoms with van der Waals surface area (Å²) in [6.07, 6.45) is 1.35. The maximum atomic E-state index is 11.8. The van der Waals surface area contributed by atoms with Gasteiger partial charge in [-0.1, -0.05) is 30.3 Å². The molecule has 28 heavy (non-hydrogen) atoms. The molecule has 1 aliphatic rings. The summed E-state index contributed by atoms with van der Waals surface area (Å²) in [7, 11) is 0. The number of carboxylic acid groups (broad SMARTS) is 1. The van der Waals surface area contributed by atoms with Crippen LogP contribution in [0.2, 0.25) is 0 Å². The summed E-state index contributed by atoms with van der Waals surface area (Å²) in [4.78, 5) is 45.3. The van der Waals surface area contributed by atoms with Crippen molar-refractivity contribution in [3.8, 4) is 5.75 Å². The van der Waals surface area contributed by atoms with E-state index in [0.29, 0.717) is 15.8 Å². The topological polar surface area (TPSA) is 125 Å². The van der Waals surface area contributed by atoms with Crippen molar-refractivity contribution in [1.29, 1.82) is 0 Å². The molecule has 2 aromatic rings.